The summed E-state index contributed by atoms with van der Waals surface area (Å²) >= 11 is 2.87. The van der Waals surface area contributed by atoms with Gasteiger partial charge in [-0.05, 0) is 97.8 Å². The zero-order valence-corrected chi connectivity index (χ0v) is 53.2. The van der Waals surface area contributed by atoms with Crippen LogP contribution in [0, 0.1) is 0 Å². The first-order valence-electron chi connectivity index (χ1n) is 21.9. The van der Waals surface area contributed by atoms with Gasteiger partial charge in [-0.2, -0.15) is 0 Å². The largest absolute Gasteiger partial charge is 1.00 e. The topological polar surface area (TPSA) is 193 Å². The Kier molecular flexibility index (Phi) is 25.6. The van der Waals surface area contributed by atoms with Gasteiger partial charge in [0, 0.05) is 65.0 Å². The van der Waals surface area contributed by atoms with Gasteiger partial charge < -0.3 is 40.1 Å². The first-order chi connectivity index (χ1) is 33.8. The minimum Gasteiger partial charge on any atom is -1.00 e. The standard InChI is InChI=1S/C25H22FN3O3.C23H19N3O3.C2H4BrF.CH2O3.2Cs.H/c26-12-14-29-22-6-2-1-5-21(22)28-24(29)23(30)17-7-9-19(10-8-17)32-25-20(4-3-13-27-25)18-11-15-31-16-18;27-21(22-25-19-5-1-2-6-20(19)26-22)15-7-9-17(10-8-15)29-23-18(4-3-12-24-23)16-11-13-28-14-16;3-1-2-4;2-1-4-3;;;/h1-10,13,18H,11-12,14-16H2;1-10,12,16H,11,13-14H2,(H,25,26);1-2H2;1,3H;;;/q;;;;2*+1;-1/p-1. The second kappa shape index (κ2) is 30.9. The van der Waals surface area contributed by atoms with E-state index >= 15 is 0 Å². The van der Waals surface area contributed by atoms with Crippen LogP contribution in [-0.4, -0.2) is 92.6 Å². The van der Waals surface area contributed by atoms with E-state index in [-0.39, 0.29) is 182 Å². The number of halogens is 3. The predicted molar refractivity (Wildman–Crippen MR) is 255 cm³/mol. The molecule has 0 aliphatic carbocycles. The number of benzene rings is 4. The number of carbonyl (C=O) groups excluding carboxylic acids is 3. The molecule has 2 saturated heterocycles. The number of hydrogen-bond acceptors (Lipinski definition) is 13. The number of aromatic amines is 1. The normalized spacial score (nSPS) is 14.5. The van der Waals surface area contributed by atoms with E-state index in [0.717, 1.165) is 53.7 Å². The van der Waals surface area contributed by atoms with Crippen LogP contribution in [0.5, 0.6) is 23.3 Å². The van der Waals surface area contributed by atoms with Crippen LogP contribution in [0.15, 0.2) is 134 Å². The van der Waals surface area contributed by atoms with Crippen molar-refractivity contribution in [3.05, 3.63) is 168 Å². The molecular formula is C51H47BrCs2F2N6O9. The molecule has 0 spiro atoms. The summed E-state index contributed by atoms with van der Waals surface area (Å²) in [6, 6.07) is 36.7. The Morgan fingerprint density at radius 1 is 0.718 bits per heavy atom. The molecule has 8 aromatic rings. The first kappa shape index (κ1) is 58.7. The number of aryl methyl sites for hydroxylation is 1. The molecule has 0 saturated carbocycles. The fourth-order valence-electron chi connectivity index (χ4n) is 7.62. The summed E-state index contributed by atoms with van der Waals surface area (Å²) in [4.78, 5) is 57.8. The molecule has 20 heteroatoms. The number of pyridine rings is 2. The van der Waals surface area contributed by atoms with Crippen LogP contribution in [0.2, 0.25) is 0 Å². The number of aromatic nitrogens is 6. The van der Waals surface area contributed by atoms with Gasteiger partial charge in [0.15, 0.2) is 11.6 Å². The zero-order chi connectivity index (χ0) is 48.4. The van der Waals surface area contributed by atoms with Gasteiger partial charge in [-0.15, -0.1) is 0 Å². The van der Waals surface area contributed by atoms with Gasteiger partial charge in [0.2, 0.25) is 23.3 Å². The maximum atomic E-state index is 13.1. The van der Waals surface area contributed by atoms with Crippen molar-refractivity contribution in [2.75, 3.05) is 45.1 Å². The van der Waals surface area contributed by atoms with E-state index < -0.39 is 6.67 Å². The summed E-state index contributed by atoms with van der Waals surface area (Å²) < 4.78 is 48.5. The van der Waals surface area contributed by atoms with E-state index in [4.69, 9.17) is 29.0 Å². The van der Waals surface area contributed by atoms with Crippen LogP contribution in [0.4, 0.5) is 8.78 Å². The maximum Gasteiger partial charge on any atom is 1.00 e. The fourth-order valence-corrected chi connectivity index (χ4v) is 7.62. The Balaban J connectivity index is 0.000000263. The first-order valence-corrected chi connectivity index (χ1v) is 23.0. The van der Waals surface area contributed by atoms with Gasteiger partial charge in [-0.1, -0.05) is 52.3 Å². The number of nitrogens with zero attached hydrogens (tertiary/aromatic N) is 5. The average molecular weight is 1270 g/mol. The molecule has 2 fully saturated rings. The van der Waals surface area contributed by atoms with Gasteiger partial charge in [0.1, 0.15) is 18.2 Å². The van der Waals surface area contributed by atoms with Crippen LogP contribution >= 0.6 is 15.9 Å². The van der Waals surface area contributed by atoms with Crippen molar-refractivity contribution in [1.82, 2.24) is 29.5 Å². The van der Waals surface area contributed by atoms with E-state index in [9.17, 15) is 18.4 Å². The summed E-state index contributed by atoms with van der Waals surface area (Å²) in [6.07, 6.45) is 5.32. The molecule has 2 atom stereocenters. The molecule has 71 heavy (non-hydrogen) atoms. The van der Waals surface area contributed by atoms with Gasteiger partial charge in [-0.3, -0.25) is 18.8 Å². The fraction of sp³-hybridized carbons (Fsp3) is 0.235. The summed E-state index contributed by atoms with van der Waals surface area (Å²) in [5.74, 6) is 3.04. The SMILES string of the molecule is FCCBr.O=C(c1ccc(Oc2ncccc2C2CCOC2)cc1)c1nc2ccccc2[nH]1.O=C(c1ccc(Oc2ncccc2C2CCOC2)cc1)c1nc2ccccc2n1CCF.O=CO[O-].[Cs+].[Cs+].[H-]. The van der Waals surface area contributed by atoms with Crippen LogP contribution in [0.1, 0.15) is 69.6 Å². The average Bonchev–Trinajstić information content (AvgIpc) is 4.26. The molecule has 2 aliphatic rings. The number of fused-ring (bicyclic) bond motifs is 2. The summed E-state index contributed by atoms with van der Waals surface area (Å²) in [7, 11) is 0. The van der Waals surface area contributed by atoms with Crippen LogP contribution < -0.4 is 153 Å². The minimum atomic E-state index is -0.578. The minimum absolute atomic E-state index is 0. The number of ether oxygens (including phenoxy) is 4. The second-order valence-corrected chi connectivity index (χ2v) is 16.1. The summed E-state index contributed by atoms with van der Waals surface area (Å²) in [5.41, 5.74) is 6.09. The third kappa shape index (κ3) is 16.2. The second-order valence-electron chi connectivity index (χ2n) is 15.3. The predicted octanol–water partition coefficient (Wildman–Crippen LogP) is 3.32. The number of carbonyl (C=O) groups is 3. The van der Waals surface area contributed by atoms with Crippen molar-refractivity contribution >= 4 is 56.0 Å². The molecule has 2 aliphatic heterocycles. The van der Waals surface area contributed by atoms with Gasteiger partial charge in [0.25, 0.3) is 6.47 Å². The molecule has 0 amide bonds. The van der Waals surface area contributed by atoms with Gasteiger partial charge in [-0.25, -0.2) is 24.3 Å². The Hall–Kier alpha value is -3.15. The summed E-state index contributed by atoms with van der Waals surface area (Å²) in [5, 5.41) is 8.90. The molecule has 15 nitrogen and oxygen atoms in total. The molecule has 0 bridgehead atoms. The van der Waals surface area contributed by atoms with Crippen molar-refractivity contribution in [2.24, 2.45) is 0 Å². The number of rotatable bonds is 14. The van der Waals surface area contributed by atoms with Crippen molar-refractivity contribution in [1.29, 1.82) is 0 Å². The Labute approximate surface area is 535 Å². The van der Waals surface area contributed by atoms with Crippen molar-refractivity contribution < 1.29 is 191 Å². The van der Waals surface area contributed by atoms with Gasteiger partial charge in [0.05, 0.1) is 48.5 Å². The molecule has 10 rings (SSSR count). The Morgan fingerprint density at radius 2 is 1.23 bits per heavy atom. The van der Waals surface area contributed by atoms with Crippen molar-refractivity contribution in [3.8, 4) is 23.3 Å². The van der Waals surface area contributed by atoms with E-state index in [1.165, 1.54) is 0 Å². The monoisotopic (exact) mass is 1270 g/mol. The zero-order valence-electron chi connectivity index (χ0n) is 40.0. The van der Waals surface area contributed by atoms with E-state index in [0.29, 0.717) is 70.2 Å². The number of nitrogens with one attached hydrogen (secondary N) is 1. The molecule has 2 unspecified atom stereocenters. The number of imidazole rings is 2. The number of H-pyrrole nitrogens is 1. The van der Waals surface area contributed by atoms with Crippen LogP contribution in [0.3, 0.4) is 0 Å². The van der Waals surface area contributed by atoms with Crippen molar-refractivity contribution in [3.63, 3.8) is 0 Å². The number of para-hydroxylation sites is 4. The van der Waals surface area contributed by atoms with E-state index in [2.05, 4.69) is 45.7 Å². The molecule has 6 heterocycles. The third-order valence-corrected chi connectivity index (χ3v) is 11.2. The maximum absolute atomic E-state index is 13.1. The number of hydrogen-bond donors (Lipinski definition) is 1. The van der Waals surface area contributed by atoms with Crippen LogP contribution in [-0.2, 0) is 25.7 Å². The molecular weight excluding hydrogens is 1220 g/mol. The third-order valence-electron chi connectivity index (χ3n) is 10.9. The Bertz CT molecular complexity index is 2910. The molecule has 1 N–H and O–H groups in total. The quantitative estimate of drug-likeness (QED) is 0.0549. The molecule has 358 valence electrons. The summed E-state index contributed by atoms with van der Waals surface area (Å²) in [6.45, 7) is 1.91. The smallest absolute Gasteiger partial charge is 1.00 e. The van der Waals surface area contributed by atoms with E-state index in [1.807, 2.05) is 72.8 Å². The van der Waals surface area contributed by atoms with Crippen LogP contribution in [0.25, 0.3) is 22.1 Å². The molecule has 0 radical (unpaired) electrons. The number of alkyl halides is 3. The Morgan fingerprint density at radius 3 is 1.70 bits per heavy atom. The van der Waals surface area contributed by atoms with Crippen molar-refractivity contribution in [2.45, 2.75) is 31.2 Å². The van der Waals surface area contributed by atoms with Gasteiger partial charge >= 0.3 is 138 Å². The molecule has 4 aromatic carbocycles. The van der Waals surface area contributed by atoms with E-state index in [1.54, 1.807) is 65.5 Å². The number of ketones is 2. The molecule has 4 aromatic heterocycles.